The lowest BCUT2D eigenvalue weighted by atomic mass is 9.84. The Morgan fingerprint density at radius 3 is 2.45 bits per heavy atom. The monoisotopic (exact) mass is 465 g/mol. The van der Waals surface area contributed by atoms with Gasteiger partial charge in [-0.2, -0.15) is 0 Å². The van der Waals surface area contributed by atoms with Gasteiger partial charge < -0.3 is 14.3 Å². The Morgan fingerprint density at radius 1 is 1.09 bits per heavy atom. The predicted molar refractivity (Wildman–Crippen MR) is 127 cm³/mol. The maximum absolute atomic E-state index is 13.2. The number of aliphatic hydroxyl groups is 1. The molecule has 170 valence electrons. The first kappa shape index (κ1) is 22.7. The number of amides is 1. The second kappa shape index (κ2) is 8.45. The Morgan fingerprint density at radius 2 is 1.85 bits per heavy atom. The van der Waals surface area contributed by atoms with E-state index in [1.54, 1.807) is 61.7 Å². The lowest BCUT2D eigenvalue weighted by molar-refractivity contribution is -0.132. The van der Waals surface area contributed by atoms with Gasteiger partial charge in [0.25, 0.3) is 11.7 Å². The van der Waals surface area contributed by atoms with E-state index in [0.717, 1.165) is 5.56 Å². The number of ether oxygens (including phenoxy) is 1. The summed E-state index contributed by atoms with van der Waals surface area (Å²) >= 11 is 6.14. The molecule has 0 spiro atoms. The minimum Gasteiger partial charge on any atom is -0.507 e. The maximum Gasteiger partial charge on any atom is 0.300 e. The Bertz CT molecular complexity index is 1250. The van der Waals surface area contributed by atoms with E-state index in [4.69, 9.17) is 20.8 Å². The summed E-state index contributed by atoms with van der Waals surface area (Å²) in [4.78, 5) is 27.6. The molecule has 1 N–H and O–H groups in total. The summed E-state index contributed by atoms with van der Waals surface area (Å²) in [5.41, 5.74) is 1.35. The molecule has 0 saturated carbocycles. The van der Waals surface area contributed by atoms with E-state index in [9.17, 15) is 14.7 Å². The predicted octanol–water partition coefficient (Wildman–Crippen LogP) is 5.87. The summed E-state index contributed by atoms with van der Waals surface area (Å²) in [5.74, 6) is -0.847. The number of hydrogen-bond donors (Lipinski definition) is 1. The van der Waals surface area contributed by atoms with Crippen LogP contribution >= 0.6 is 11.6 Å². The van der Waals surface area contributed by atoms with Crippen molar-refractivity contribution in [2.75, 3.05) is 12.0 Å². The zero-order valence-electron chi connectivity index (χ0n) is 18.8. The van der Waals surface area contributed by atoms with Crippen molar-refractivity contribution in [2.24, 2.45) is 0 Å². The van der Waals surface area contributed by atoms with Crippen LogP contribution in [0.1, 0.15) is 43.7 Å². The topological polar surface area (TPSA) is 80.0 Å². The van der Waals surface area contributed by atoms with Gasteiger partial charge in [-0.3, -0.25) is 14.5 Å². The van der Waals surface area contributed by atoms with Crippen LogP contribution in [0.5, 0.6) is 5.75 Å². The lowest BCUT2D eigenvalue weighted by Gasteiger charge is -2.24. The van der Waals surface area contributed by atoms with E-state index in [1.165, 1.54) is 11.2 Å². The van der Waals surface area contributed by atoms with Crippen LogP contribution in [0.25, 0.3) is 5.76 Å². The van der Waals surface area contributed by atoms with Crippen LogP contribution in [0.3, 0.4) is 0 Å². The van der Waals surface area contributed by atoms with Crippen LogP contribution in [-0.2, 0) is 15.0 Å². The van der Waals surface area contributed by atoms with Gasteiger partial charge in [0, 0.05) is 21.8 Å². The molecule has 1 amide bonds. The van der Waals surface area contributed by atoms with E-state index >= 15 is 0 Å². The average Bonchev–Trinajstić information content (AvgIpc) is 3.39. The van der Waals surface area contributed by atoms with Gasteiger partial charge in [0.1, 0.15) is 23.3 Å². The van der Waals surface area contributed by atoms with Crippen molar-refractivity contribution in [3.63, 3.8) is 0 Å². The maximum atomic E-state index is 13.2. The molecule has 1 fully saturated rings. The number of nitrogens with zero attached hydrogens (tertiary/aromatic N) is 1. The number of halogens is 1. The van der Waals surface area contributed by atoms with Gasteiger partial charge in [0.15, 0.2) is 0 Å². The number of methoxy groups -OCH3 is 1. The number of rotatable bonds is 4. The van der Waals surface area contributed by atoms with Crippen molar-refractivity contribution >= 4 is 34.7 Å². The molecule has 1 saturated heterocycles. The highest BCUT2D eigenvalue weighted by atomic mass is 35.5. The lowest BCUT2D eigenvalue weighted by Crippen LogP contribution is -2.29. The average molecular weight is 466 g/mol. The highest BCUT2D eigenvalue weighted by Crippen LogP contribution is 2.43. The van der Waals surface area contributed by atoms with Gasteiger partial charge in [0.05, 0.1) is 18.9 Å². The molecule has 7 heteroatoms. The van der Waals surface area contributed by atoms with Crippen LogP contribution in [0, 0.1) is 0 Å². The Kier molecular flexibility index (Phi) is 5.80. The number of ketones is 1. The summed E-state index contributed by atoms with van der Waals surface area (Å²) in [7, 11) is 1.58. The number of furan rings is 1. The standard InChI is InChI=1S/C26H24ClNO5/c1-26(2,3)18-13-15(10-11-19(18)32-4)23(29)21-22(20-9-6-12-33-20)28(25(31)24(21)30)17-8-5-7-16(27)14-17/h5-14,22,29H,1-4H3/b23-21-. The summed E-state index contributed by atoms with van der Waals surface area (Å²) in [6.07, 6.45) is 1.46. The van der Waals surface area contributed by atoms with Crippen LogP contribution < -0.4 is 9.64 Å². The van der Waals surface area contributed by atoms with Crippen molar-refractivity contribution < 1.29 is 23.8 Å². The van der Waals surface area contributed by atoms with Crippen molar-refractivity contribution in [3.8, 4) is 5.75 Å². The van der Waals surface area contributed by atoms with Crippen LogP contribution in [0.15, 0.2) is 70.9 Å². The number of anilines is 1. The third-order valence-electron chi connectivity index (χ3n) is 5.62. The third-order valence-corrected chi connectivity index (χ3v) is 5.86. The highest BCUT2D eigenvalue weighted by Gasteiger charge is 2.48. The molecule has 4 rings (SSSR count). The molecule has 1 atom stereocenters. The van der Waals surface area contributed by atoms with Gasteiger partial charge in [-0.25, -0.2) is 0 Å². The summed E-state index contributed by atoms with van der Waals surface area (Å²) < 4.78 is 11.1. The van der Waals surface area contributed by atoms with E-state index in [1.807, 2.05) is 20.8 Å². The van der Waals surface area contributed by atoms with Gasteiger partial charge in [-0.05, 0) is 53.9 Å². The second-order valence-corrected chi connectivity index (χ2v) is 9.27. The molecule has 33 heavy (non-hydrogen) atoms. The van der Waals surface area contributed by atoms with Gasteiger partial charge in [-0.15, -0.1) is 0 Å². The SMILES string of the molecule is COc1ccc(/C(O)=C2/C(=O)C(=O)N(c3cccc(Cl)c3)C2c2ccco2)cc1C(C)(C)C. The van der Waals surface area contributed by atoms with Crippen molar-refractivity contribution in [1.82, 2.24) is 0 Å². The second-order valence-electron chi connectivity index (χ2n) is 8.83. The number of carbonyl (C=O) groups excluding carboxylic acids is 2. The molecule has 3 aromatic rings. The van der Waals surface area contributed by atoms with Gasteiger partial charge in [-0.1, -0.05) is 38.4 Å². The van der Waals surface area contributed by atoms with Gasteiger partial charge in [0.2, 0.25) is 0 Å². The van der Waals surface area contributed by atoms with Crippen LogP contribution in [0.2, 0.25) is 5.02 Å². The highest BCUT2D eigenvalue weighted by molar-refractivity contribution is 6.51. The molecule has 1 unspecified atom stereocenters. The number of aliphatic hydroxyl groups excluding tert-OH is 1. The van der Waals surface area contributed by atoms with E-state index in [-0.39, 0.29) is 16.7 Å². The first-order valence-corrected chi connectivity index (χ1v) is 10.8. The summed E-state index contributed by atoms with van der Waals surface area (Å²) in [6, 6.07) is 14.2. The fraction of sp³-hybridized carbons (Fsp3) is 0.231. The Hall–Kier alpha value is -3.51. The summed E-state index contributed by atoms with van der Waals surface area (Å²) in [6.45, 7) is 6.07. The largest absolute Gasteiger partial charge is 0.507 e. The minimum atomic E-state index is -0.946. The molecule has 6 nitrogen and oxygen atoms in total. The molecule has 0 aliphatic carbocycles. The fourth-order valence-corrected chi connectivity index (χ4v) is 4.22. The number of benzene rings is 2. The zero-order valence-corrected chi connectivity index (χ0v) is 19.5. The molecule has 1 aromatic heterocycles. The molecular formula is C26H24ClNO5. The first-order valence-electron chi connectivity index (χ1n) is 10.4. The number of carbonyl (C=O) groups is 2. The van der Waals surface area contributed by atoms with Crippen molar-refractivity contribution in [2.45, 2.75) is 32.2 Å². The third kappa shape index (κ3) is 4.02. The van der Waals surface area contributed by atoms with Crippen molar-refractivity contribution in [1.29, 1.82) is 0 Å². The van der Waals surface area contributed by atoms with Crippen LogP contribution in [-0.4, -0.2) is 23.9 Å². The number of Topliss-reactive ketones (excluding diaryl/α,β-unsaturated/α-hetero) is 1. The minimum absolute atomic E-state index is 0.0556. The normalized spacial score (nSPS) is 18.1. The van der Waals surface area contributed by atoms with Crippen molar-refractivity contribution in [3.05, 3.63) is 88.3 Å². The Balaban J connectivity index is 1.93. The van der Waals surface area contributed by atoms with E-state index < -0.39 is 17.7 Å². The Labute approximate surface area is 197 Å². The summed E-state index contributed by atoms with van der Waals surface area (Å²) in [5, 5.41) is 11.7. The van der Waals surface area contributed by atoms with E-state index in [0.29, 0.717) is 27.8 Å². The quantitative estimate of drug-likeness (QED) is 0.296. The fourth-order valence-electron chi connectivity index (χ4n) is 4.04. The number of hydrogen-bond acceptors (Lipinski definition) is 5. The first-order chi connectivity index (χ1) is 15.6. The van der Waals surface area contributed by atoms with Gasteiger partial charge >= 0.3 is 0 Å². The molecule has 0 bridgehead atoms. The molecule has 1 aliphatic heterocycles. The molecule has 2 heterocycles. The smallest absolute Gasteiger partial charge is 0.300 e. The van der Waals surface area contributed by atoms with E-state index in [2.05, 4.69) is 0 Å². The zero-order chi connectivity index (χ0) is 23.9. The molecule has 2 aromatic carbocycles. The van der Waals surface area contributed by atoms with Crippen LogP contribution in [0.4, 0.5) is 5.69 Å². The molecule has 1 aliphatic rings. The molecule has 0 radical (unpaired) electrons. The molecular weight excluding hydrogens is 442 g/mol.